The van der Waals surface area contributed by atoms with Crippen LogP contribution >= 0.6 is 0 Å². The van der Waals surface area contributed by atoms with Crippen LogP contribution in [0.3, 0.4) is 0 Å². The molecule has 0 radical (unpaired) electrons. The first-order valence-electron chi connectivity index (χ1n) is 8.44. The fourth-order valence-corrected chi connectivity index (χ4v) is 2.76. The van der Waals surface area contributed by atoms with E-state index in [1.165, 1.54) is 6.92 Å². The maximum Gasteiger partial charge on any atom is 0.217 e. The Kier molecular flexibility index (Phi) is 5.48. The molecule has 136 valence electrons. The largest absolute Gasteiger partial charge is 0.475 e. The van der Waals surface area contributed by atoms with Crippen molar-refractivity contribution < 1.29 is 14.3 Å². The Bertz CT molecular complexity index is 892. The van der Waals surface area contributed by atoms with Crippen LogP contribution in [0.25, 0.3) is 16.9 Å². The lowest BCUT2D eigenvalue weighted by Gasteiger charge is -2.15. The zero-order valence-electron chi connectivity index (χ0n) is 15.1. The number of para-hydroxylation sites is 1. The molecule has 1 atom stereocenters. The molecule has 0 spiro atoms. The minimum Gasteiger partial charge on any atom is -0.475 e. The standard InChI is InChI=1S/C19H22N4O3/c1-13(20-14(2)24)18-21-16-9-10-17(26-12-11-25-3)22-19(16)23(18)15-7-5-4-6-8-15/h4-10,13H,11-12H2,1-3H3,(H,20,24). The number of hydrogen-bond donors (Lipinski definition) is 1. The zero-order chi connectivity index (χ0) is 18.5. The van der Waals surface area contributed by atoms with E-state index in [-0.39, 0.29) is 11.9 Å². The second kappa shape index (κ2) is 7.97. The average molecular weight is 354 g/mol. The van der Waals surface area contributed by atoms with Crippen LogP contribution < -0.4 is 10.1 Å². The number of carbonyl (C=O) groups is 1. The van der Waals surface area contributed by atoms with E-state index in [0.717, 1.165) is 11.2 Å². The third kappa shape index (κ3) is 3.83. The number of amides is 1. The summed E-state index contributed by atoms with van der Waals surface area (Å²) in [4.78, 5) is 20.8. The number of pyridine rings is 1. The number of benzene rings is 1. The Hall–Kier alpha value is -2.93. The number of aromatic nitrogens is 3. The highest BCUT2D eigenvalue weighted by atomic mass is 16.5. The lowest BCUT2D eigenvalue weighted by molar-refractivity contribution is -0.119. The van der Waals surface area contributed by atoms with Crippen LogP contribution in [0.1, 0.15) is 25.7 Å². The molecule has 0 aliphatic rings. The molecule has 2 heterocycles. The third-order valence-electron chi connectivity index (χ3n) is 3.86. The smallest absolute Gasteiger partial charge is 0.217 e. The van der Waals surface area contributed by atoms with Gasteiger partial charge in [0.2, 0.25) is 11.8 Å². The van der Waals surface area contributed by atoms with Gasteiger partial charge in [-0.05, 0) is 25.1 Å². The number of methoxy groups -OCH3 is 1. The van der Waals surface area contributed by atoms with Crippen LogP contribution in [0.15, 0.2) is 42.5 Å². The van der Waals surface area contributed by atoms with Gasteiger partial charge in [-0.3, -0.25) is 9.36 Å². The van der Waals surface area contributed by atoms with Crippen molar-refractivity contribution in [3.05, 3.63) is 48.3 Å². The van der Waals surface area contributed by atoms with Crippen molar-refractivity contribution in [2.75, 3.05) is 20.3 Å². The molecule has 1 amide bonds. The van der Waals surface area contributed by atoms with Crippen molar-refractivity contribution >= 4 is 17.1 Å². The summed E-state index contributed by atoms with van der Waals surface area (Å²) >= 11 is 0. The number of nitrogens with zero attached hydrogens (tertiary/aromatic N) is 3. The van der Waals surface area contributed by atoms with Crippen molar-refractivity contribution in [3.63, 3.8) is 0 Å². The third-order valence-corrected chi connectivity index (χ3v) is 3.86. The summed E-state index contributed by atoms with van der Waals surface area (Å²) in [7, 11) is 1.63. The summed E-state index contributed by atoms with van der Waals surface area (Å²) in [6.45, 7) is 4.30. The first-order valence-corrected chi connectivity index (χ1v) is 8.44. The van der Waals surface area contributed by atoms with Crippen molar-refractivity contribution in [1.29, 1.82) is 0 Å². The lowest BCUT2D eigenvalue weighted by atomic mass is 10.2. The fourth-order valence-electron chi connectivity index (χ4n) is 2.76. The van der Waals surface area contributed by atoms with Crippen LogP contribution in [0, 0.1) is 0 Å². The van der Waals surface area contributed by atoms with Gasteiger partial charge in [-0.2, -0.15) is 4.98 Å². The molecule has 0 bridgehead atoms. The number of rotatable bonds is 7. The maximum absolute atomic E-state index is 11.5. The number of hydrogen-bond acceptors (Lipinski definition) is 5. The predicted molar refractivity (Wildman–Crippen MR) is 98.5 cm³/mol. The first kappa shape index (κ1) is 17.9. The number of carbonyl (C=O) groups excluding carboxylic acids is 1. The average Bonchev–Trinajstić information content (AvgIpc) is 3.01. The molecule has 0 aliphatic heterocycles. The molecular formula is C19H22N4O3. The van der Waals surface area contributed by atoms with Gasteiger partial charge in [0.15, 0.2) is 5.65 Å². The van der Waals surface area contributed by atoms with E-state index < -0.39 is 0 Å². The summed E-state index contributed by atoms with van der Waals surface area (Å²) in [6.07, 6.45) is 0. The van der Waals surface area contributed by atoms with Gasteiger partial charge in [0.05, 0.1) is 12.6 Å². The summed E-state index contributed by atoms with van der Waals surface area (Å²) in [5, 5.41) is 2.89. The highest BCUT2D eigenvalue weighted by Gasteiger charge is 2.20. The minimum atomic E-state index is -0.264. The molecule has 1 N–H and O–H groups in total. The van der Waals surface area contributed by atoms with E-state index in [1.54, 1.807) is 13.2 Å². The Morgan fingerprint density at radius 3 is 2.62 bits per heavy atom. The SMILES string of the molecule is COCCOc1ccc2nc(C(C)NC(C)=O)n(-c3ccccc3)c2n1. The van der Waals surface area contributed by atoms with E-state index in [0.29, 0.717) is 30.6 Å². The molecule has 2 aromatic heterocycles. The van der Waals surface area contributed by atoms with E-state index in [1.807, 2.05) is 47.9 Å². The Morgan fingerprint density at radius 2 is 1.92 bits per heavy atom. The number of ether oxygens (including phenoxy) is 2. The second-order valence-electron chi connectivity index (χ2n) is 5.90. The van der Waals surface area contributed by atoms with Crippen molar-refractivity contribution in [3.8, 4) is 11.6 Å². The molecule has 1 aromatic carbocycles. The molecule has 3 rings (SSSR count). The van der Waals surface area contributed by atoms with Gasteiger partial charge in [-0.1, -0.05) is 18.2 Å². The first-order chi connectivity index (χ1) is 12.6. The lowest BCUT2D eigenvalue weighted by Crippen LogP contribution is -2.26. The van der Waals surface area contributed by atoms with Gasteiger partial charge in [0.25, 0.3) is 0 Å². The molecule has 1 unspecified atom stereocenters. The van der Waals surface area contributed by atoms with Crippen LogP contribution in [-0.2, 0) is 9.53 Å². The quantitative estimate of drug-likeness (QED) is 0.660. The molecule has 0 saturated carbocycles. The predicted octanol–water partition coefficient (Wildman–Crippen LogP) is 2.64. The zero-order valence-corrected chi connectivity index (χ0v) is 15.1. The Morgan fingerprint density at radius 1 is 1.15 bits per heavy atom. The van der Waals surface area contributed by atoms with Crippen molar-refractivity contribution in [2.45, 2.75) is 19.9 Å². The van der Waals surface area contributed by atoms with Gasteiger partial charge in [-0.25, -0.2) is 4.98 Å². The van der Waals surface area contributed by atoms with Gasteiger partial charge < -0.3 is 14.8 Å². The summed E-state index contributed by atoms with van der Waals surface area (Å²) < 4.78 is 12.6. The molecule has 0 aliphatic carbocycles. The molecule has 7 heteroatoms. The Labute approximate surface area is 152 Å². The van der Waals surface area contributed by atoms with Crippen molar-refractivity contribution in [2.24, 2.45) is 0 Å². The molecule has 7 nitrogen and oxygen atoms in total. The molecule has 0 saturated heterocycles. The van der Waals surface area contributed by atoms with E-state index in [2.05, 4.69) is 15.3 Å². The minimum absolute atomic E-state index is 0.110. The molecule has 26 heavy (non-hydrogen) atoms. The van der Waals surface area contributed by atoms with Gasteiger partial charge in [0.1, 0.15) is 17.9 Å². The summed E-state index contributed by atoms with van der Waals surface area (Å²) in [5.41, 5.74) is 2.34. The van der Waals surface area contributed by atoms with Crippen LogP contribution in [0.2, 0.25) is 0 Å². The molecular weight excluding hydrogens is 332 g/mol. The normalized spacial score (nSPS) is 12.1. The highest BCUT2D eigenvalue weighted by molar-refractivity contribution is 5.76. The molecule has 0 fully saturated rings. The van der Waals surface area contributed by atoms with Crippen LogP contribution in [0.5, 0.6) is 5.88 Å². The monoisotopic (exact) mass is 354 g/mol. The molecule has 3 aromatic rings. The van der Waals surface area contributed by atoms with Crippen molar-refractivity contribution in [1.82, 2.24) is 19.9 Å². The summed E-state index contributed by atoms with van der Waals surface area (Å²) in [5.74, 6) is 1.11. The van der Waals surface area contributed by atoms with E-state index in [9.17, 15) is 4.79 Å². The number of imidazole rings is 1. The van der Waals surface area contributed by atoms with Gasteiger partial charge in [0, 0.05) is 25.8 Å². The van der Waals surface area contributed by atoms with E-state index >= 15 is 0 Å². The fraction of sp³-hybridized carbons (Fsp3) is 0.316. The maximum atomic E-state index is 11.5. The van der Waals surface area contributed by atoms with Crippen LogP contribution in [0.4, 0.5) is 0 Å². The summed E-state index contributed by atoms with van der Waals surface area (Å²) in [6, 6.07) is 13.2. The number of nitrogens with one attached hydrogen (secondary N) is 1. The van der Waals surface area contributed by atoms with Gasteiger partial charge >= 0.3 is 0 Å². The van der Waals surface area contributed by atoms with E-state index in [4.69, 9.17) is 9.47 Å². The van der Waals surface area contributed by atoms with Crippen LogP contribution in [-0.4, -0.2) is 40.8 Å². The number of fused-ring (bicyclic) bond motifs is 1. The van der Waals surface area contributed by atoms with Gasteiger partial charge in [-0.15, -0.1) is 0 Å². The Balaban J connectivity index is 2.09. The topological polar surface area (TPSA) is 78.3 Å². The second-order valence-corrected chi connectivity index (χ2v) is 5.90. The highest BCUT2D eigenvalue weighted by Crippen LogP contribution is 2.25.